The quantitative estimate of drug-likeness (QED) is 0.867. The second-order valence-electron chi connectivity index (χ2n) is 6.40. The van der Waals surface area contributed by atoms with Crippen molar-refractivity contribution in [1.29, 1.82) is 0 Å². The molecule has 1 aliphatic rings. The third-order valence-corrected chi connectivity index (χ3v) is 4.89. The molecule has 1 saturated carbocycles. The number of carbonyl (C=O) groups is 1. The highest BCUT2D eigenvalue weighted by atomic mass is 16.2. The van der Waals surface area contributed by atoms with Gasteiger partial charge in [0, 0.05) is 19.3 Å². The standard InChI is InChI=1S/C17H22N4O2/c1-12-5-3-4-6-15(12)20(2)16(22)10-21-11-19-14-9-18-8-7-13(14)17(21)23/h7-9,11-12,15H,3-6,10H2,1-2H3/t12-,15+/m1/s1. The average molecular weight is 314 g/mol. The van der Waals surface area contributed by atoms with Crippen molar-refractivity contribution in [2.45, 2.75) is 45.2 Å². The maximum atomic E-state index is 12.6. The van der Waals surface area contributed by atoms with Gasteiger partial charge in [0.15, 0.2) is 0 Å². The Balaban J connectivity index is 1.80. The Morgan fingerprint density at radius 2 is 2.17 bits per heavy atom. The zero-order valence-electron chi connectivity index (χ0n) is 13.6. The van der Waals surface area contributed by atoms with Crippen LogP contribution in [-0.2, 0) is 11.3 Å². The molecule has 1 amide bonds. The van der Waals surface area contributed by atoms with E-state index in [4.69, 9.17) is 0 Å². The van der Waals surface area contributed by atoms with Gasteiger partial charge in [-0.05, 0) is 24.8 Å². The molecule has 6 nitrogen and oxygen atoms in total. The van der Waals surface area contributed by atoms with Crippen molar-refractivity contribution < 1.29 is 4.79 Å². The molecule has 2 heterocycles. The van der Waals surface area contributed by atoms with E-state index in [1.54, 1.807) is 18.5 Å². The molecule has 6 heteroatoms. The normalized spacial score (nSPS) is 21.3. The number of carbonyl (C=O) groups excluding carboxylic acids is 1. The molecule has 0 spiro atoms. The van der Waals surface area contributed by atoms with Crippen LogP contribution in [0.2, 0.25) is 0 Å². The first-order valence-electron chi connectivity index (χ1n) is 8.12. The van der Waals surface area contributed by atoms with Gasteiger partial charge in [-0.2, -0.15) is 0 Å². The lowest BCUT2D eigenvalue weighted by molar-refractivity contribution is -0.134. The van der Waals surface area contributed by atoms with Crippen molar-refractivity contribution in [2.75, 3.05) is 7.05 Å². The van der Waals surface area contributed by atoms with E-state index < -0.39 is 0 Å². The fraction of sp³-hybridized carbons (Fsp3) is 0.529. The Kier molecular flexibility index (Phi) is 4.41. The molecule has 1 aliphatic carbocycles. The van der Waals surface area contributed by atoms with E-state index in [1.807, 2.05) is 11.9 Å². The predicted molar refractivity (Wildman–Crippen MR) is 88.0 cm³/mol. The maximum absolute atomic E-state index is 12.6. The molecule has 0 N–H and O–H groups in total. The highest BCUT2D eigenvalue weighted by Gasteiger charge is 2.28. The summed E-state index contributed by atoms with van der Waals surface area (Å²) in [5, 5.41) is 0.490. The minimum absolute atomic E-state index is 0.0316. The topological polar surface area (TPSA) is 68.1 Å². The Hall–Kier alpha value is -2.24. The lowest BCUT2D eigenvalue weighted by Crippen LogP contribution is -2.44. The summed E-state index contributed by atoms with van der Waals surface area (Å²) in [7, 11) is 1.85. The van der Waals surface area contributed by atoms with Crippen LogP contribution in [0.3, 0.4) is 0 Å². The fourth-order valence-corrected chi connectivity index (χ4v) is 3.44. The van der Waals surface area contributed by atoms with E-state index >= 15 is 0 Å². The first kappa shape index (κ1) is 15.6. The largest absolute Gasteiger partial charge is 0.341 e. The number of aromatic nitrogens is 3. The number of likely N-dealkylation sites (N-methyl/N-ethyl adjacent to an activating group) is 1. The summed E-state index contributed by atoms with van der Waals surface area (Å²) in [4.78, 5) is 35.0. The van der Waals surface area contributed by atoms with Crippen LogP contribution >= 0.6 is 0 Å². The molecule has 0 bridgehead atoms. The number of nitrogens with zero attached hydrogens (tertiary/aromatic N) is 4. The van der Waals surface area contributed by atoms with Gasteiger partial charge in [0.2, 0.25) is 5.91 Å². The van der Waals surface area contributed by atoms with Crippen LogP contribution in [-0.4, -0.2) is 38.4 Å². The van der Waals surface area contributed by atoms with Crippen molar-refractivity contribution in [2.24, 2.45) is 5.92 Å². The molecular formula is C17H22N4O2. The van der Waals surface area contributed by atoms with Crippen molar-refractivity contribution in [1.82, 2.24) is 19.4 Å². The van der Waals surface area contributed by atoms with E-state index in [0.29, 0.717) is 16.8 Å². The lowest BCUT2D eigenvalue weighted by atomic mass is 9.85. The van der Waals surface area contributed by atoms with Gasteiger partial charge >= 0.3 is 0 Å². The summed E-state index contributed by atoms with van der Waals surface area (Å²) in [6.45, 7) is 2.23. The van der Waals surface area contributed by atoms with Gasteiger partial charge in [-0.3, -0.25) is 19.1 Å². The molecule has 2 atom stereocenters. The molecule has 23 heavy (non-hydrogen) atoms. The van der Waals surface area contributed by atoms with Gasteiger partial charge in [0.05, 0.1) is 23.4 Å². The second kappa shape index (κ2) is 6.48. The summed E-state index contributed by atoms with van der Waals surface area (Å²) in [6, 6.07) is 1.91. The van der Waals surface area contributed by atoms with Crippen molar-refractivity contribution in [3.8, 4) is 0 Å². The van der Waals surface area contributed by atoms with Gasteiger partial charge in [-0.1, -0.05) is 19.8 Å². The molecule has 0 aliphatic heterocycles. The smallest absolute Gasteiger partial charge is 0.261 e. The molecule has 2 aromatic rings. The van der Waals surface area contributed by atoms with Gasteiger partial charge in [0.25, 0.3) is 5.56 Å². The van der Waals surface area contributed by atoms with E-state index in [0.717, 1.165) is 19.3 Å². The third kappa shape index (κ3) is 3.11. The number of hydrogen-bond acceptors (Lipinski definition) is 4. The summed E-state index contributed by atoms with van der Waals surface area (Å²) in [5.74, 6) is 0.469. The van der Waals surface area contributed by atoms with E-state index in [2.05, 4.69) is 16.9 Å². The van der Waals surface area contributed by atoms with Gasteiger partial charge in [-0.15, -0.1) is 0 Å². The molecule has 2 aromatic heterocycles. The second-order valence-corrected chi connectivity index (χ2v) is 6.40. The summed E-state index contributed by atoms with van der Waals surface area (Å²) >= 11 is 0. The molecule has 0 unspecified atom stereocenters. The number of amides is 1. The molecule has 3 rings (SSSR count). The molecule has 122 valence electrons. The van der Waals surface area contributed by atoms with Gasteiger partial charge in [0.1, 0.15) is 6.54 Å². The van der Waals surface area contributed by atoms with Crippen molar-refractivity contribution >= 4 is 16.8 Å². The zero-order valence-corrected chi connectivity index (χ0v) is 13.6. The SMILES string of the molecule is C[C@@H]1CCCC[C@@H]1N(C)C(=O)Cn1cnc2cnccc2c1=O. The minimum Gasteiger partial charge on any atom is -0.341 e. The Labute approximate surface area is 135 Å². The number of pyridine rings is 1. The van der Waals surface area contributed by atoms with Crippen LogP contribution in [0.5, 0.6) is 0 Å². The summed E-state index contributed by atoms with van der Waals surface area (Å²) in [5.41, 5.74) is 0.353. The van der Waals surface area contributed by atoms with Crippen LogP contribution in [0.4, 0.5) is 0 Å². The Morgan fingerprint density at radius 1 is 1.39 bits per heavy atom. The number of fused-ring (bicyclic) bond motifs is 1. The highest BCUT2D eigenvalue weighted by Crippen LogP contribution is 2.27. The van der Waals surface area contributed by atoms with Crippen LogP contribution in [0, 0.1) is 5.92 Å². The van der Waals surface area contributed by atoms with E-state index in [-0.39, 0.29) is 24.1 Å². The lowest BCUT2D eigenvalue weighted by Gasteiger charge is -2.36. The number of rotatable bonds is 3. The molecular weight excluding hydrogens is 292 g/mol. The minimum atomic E-state index is -0.198. The average Bonchev–Trinajstić information content (AvgIpc) is 2.57. The first-order chi connectivity index (χ1) is 11.1. The monoisotopic (exact) mass is 314 g/mol. The van der Waals surface area contributed by atoms with Crippen LogP contribution in [0.15, 0.2) is 29.6 Å². The summed E-state index contributed by atoms with van der Waals surface area (Å²) in [6.07, 6.45) is 9.15. The molecule has 0 radical (unpaired) electrons. The van der Waals surface area contributed by atoms with Crippen molar-refractivity contribution in [3.63, 3.8) is 0 Å². The van der Waals surface area contributed by atoms with Gasteiger partial charge < -0.3 is 4.90 Å². The summed E-state index contributed by atoms with van der Waals surface area (Å²) < 4.78 is 1.38. The van der Waals surface area contributed by atoms with Crippen LogP contribution in [0.25, 0.3) is 10.9 Å². The molecule has 1 fully saturated rings. The third-order valence-electron chi connectivity index (χ3n) is 4.89. The Morgan fingerprint density at radius 3 is 2.96 bits per heavy atom. The number of hydrogen-bond donors (Lipinski definition) is 0. The van der Waals surface area contributed by atoms with Crippen LogP contribution in [0.1, 0.15) is 32.6 Å². The van der Waals surface area contributed by atoms with Gasteiger partial charge in [-0.25, -0.2) is 4.98 Å². The first-order valence-corrected chi connectivity index (χ1v) is 8.12. The van der Waals surface area contributed by atoms with E-state index in [9.17, 15) is 9.59 Å². The molecule has 0 aromatic carbocycles. The zero-order chi connectivity index (χ0) is 16.4. The maximum Gasteiger partial charge on any atom is 0.261 e. The molecule has 0 saturated heterocycles. The van der Waals surface area contributed by atoms with Crippen molar-refractivity contribution in [3.05, 3.63) is 35.1 Å². The highest BCUT2D eigenvalue weighted by molar-refractivity contribution is 5.78. The van der Waals surface area contributed by atoms with E-state index in [1.165, 1.54) is 17.3 Å². The van der Waals surface area contributed by atoms with Crippen LogP contribution < -0.4 is 5.56 Å². The fourth-order valence-electron chi connectivity index (χ4n) is 3.44. The predicted octanol–water partition coefficient (Wildman–Crippen LogP) is 1.83. The Bertz CT molecular complexity index is 771.